The van der Waals surface area contributed by atoms with E-state index in [4.69, 9.17) is 21.1 Å². The van der Waals surface area contributed by atoms with E-state index in [2.05, 4.69) is 16.7 Å². The van der Waals surface area contributed by atoms with Gasteiger partial charge in [0.25, 0.3) is 0 Å². The van der Waals surface area contributed by atoms with Crippen LogP contribution in [-0.2, 0) is 14.3 Å². The van der Waals surface area contributed by atoms with Gasteiger partial charge >= 0.3 is 0 Å². The Morgan fingerprint density at radius 1 is 1.29 bits per heavy atom. The van der Waals surface area contributed by atoms with E-state index >= 15 is 0 Å². The maximum atomic E-state index is 13.0. The van der Waals surface area contributed by atoms with Gasteiger partial charge in [0, 0.05) is 12.5 Å². The third-order valence-electron chi connectivity index (χ3n) is 5.66. The van der Waals surface area contributed by atoms with Crippen LogP contribution < -0.4 is 10.6 Å². The molecule has 0 aromatic carbocycles. The van der Waals surface area contributed by atoms with E-state index in [-0.39, 0.29) is 17.9 Å². The Morgan fingerprint density at radius 3 is 2.71 bits per heavy atom. The van der Waals surface area contributed by atoms with Gasteiger partial charge in [-0.3, -0.25) is 4.79 Å². The molecule has 0 aromatic heterocycles. The van der Waals surface area contributed by atoms with Gasteiger partial charge in [-0.05, 0) is 19.6 Å². The molecule has 0 spiro atoms. The molecule has 0 radical (unpaired) electrons. The summed E-state index contributed by atoms with van der Waals surface area (Å²) >= 11 is 7.53. The van der Waals surface area contributed by atoms with Gasteiger partial charge in [-0.2, -0.15) is 0 Å². The number of carbonyl (C=O) groups excluding carboxylic acids is 1. The second-order valence-corrected chi connectivity index (χ2v) is 9.16. The van der Waals surface area contributed by atoms with Gasteiger partial charge in [-0.1, -0.05) is 12.2 Å². The Morgan fingerprint density at radius 2 is 2.04 bits per heavy atom. The van der Waals surface area contributed by atoms with Crippen molar-refractivity contribution >= 4 is 29.3 Å². The summed E-state index contributed by atoms with van der Waals surface area (Å²) in [6, 6.07) is -1.29. The number of rotatable bonds is 5. The van der Waals surface area contributed by atoms with Crippen molar-refractivity contribution in [3.8, 4) is 0 Å². The molecule has 2 saturated heterocycles. The first-order chi connectivity index (χ1) is 13.3. The monoisotopic (exact) mass is 436 g/mol. The zero-order valence-electron chi connectivity index (χ0n) is 15.9. The molecule has 10 heteroatoms. The standard InChI is InChI=1S/C18H29ClN2O6S/c1-8(19)10(16-13(23)12(22)14(24)18(27-16)28-2)21-17(25)11-15-9(7-20-11)5-3-4-6-26-15/h3-4,8-16,18,20,22-24H,5-7H2,1-2H3,(H,21,25)/t8?,9-,10?,11?,12?,13?,14?,15-,16?,18?/m1/s1. The first-order valence-electron chi connectivity index (χ1n) is 9.52. The molecule has 3 aliphatic heterocycles. The maximum absolute atomic E-state index is 13.0. The Kier molecular flexibility index (Phi) is 7.66. The minimum Gasteiger partial charge on any atom is -0.388 e. The van der Waals surface area contributed by atoms with Gasteiger partial charge < -0.3 is 35.4 Å². The Bertz CT molecular complexity index is 580. The number of allylic oxidation sites excluding steroid dienone is 1. The Balaban J connectivity index is 1.71. The molecule has 8 nitrogen and oxygen atoms in total. The van der Waals surface area contributed by atoms with Crippen LogP contribution in [0.4, 0.5) is 0 Å². The molecule has 0 bridgehead atoms. The molecule has 1 amide bonds. The number of aliphatic hydroxyl groups is 3. The number of hydrogen-bond donors (Lipinski definition) is 5. The van der Waals surface area contributed by atoms with E-state index < -0.39 is 47.3 Å². The van der Waals surface area contributed by atoms with Crippen LogP contribution in [0.5, 0.6) is 0 Å². The van der Waals surface area contributed by atoms with E-state index in [0.717, 1.165) is 6.42 Å². The summed E-state index contributed by atoms with van der Waals surface area (Å²) in [6.45, 7) is 2.83. The van der Waals surface area contributed by atoms with Gasteiger partial charge in [-0.15, -0.1) is 23.4 Å². The third kappa shape index (κ3) is 4.52. The van der Waals surface area contributed by atoms with E-state index in [1.807, 2.05) is 6.08 Å². The summed E-state index contributed by atoms with van der Waals surface area (Å²) in [7, 11) is 0. The molecule has 0 aliphatic carbocycles. The minimum absolute atomic E-state index is 0.218. The van der Waals surface area contributed by atoms with E-state index in [0.29, 0.717) is 13.2 Å². The number of hydrogen-bond acceptors (Lipinski definition) is 8. The van der Waals surface area contributed by atoms with Crippen LogP contribution in [0.1, 0.15) is 13.3 Å². The lowest BCUT2D eigenvalue weighted by Crippen LogP contribution is -2.65. The Hall–Kier alpha value is -0.390. The van der Waals surface area contributed by atoms with Crippen LogP contribution in [-0.4, -0.2) is 94.1 Å². The molecule has 2 fully saturated rings. The highest BCUT2D eigenvalue weighted by molar-refractivity contribution is 7.99. The summed E-state index contributed by atoms with van der Waals surface area (Å²) in [5, 5.41) is 36.2. The van der Waals surface area contributed by atoms with Gasteiger partial charge in [0.1, 0.15) is 35.9 Å². The van der Waals surface area contributed by atoms with Crippen LogP contribution in [0.2, 0.25) is 0 Å². The zero-order chi connectivity index (χ0) is 20.4. The molecule has 0 aromatic rings. The molecule has 3 aliphatic rings. The second kappa shape index (κ2) is 9.61. The minimum atomic E-state index is -1.39. The average molecular weight is 437 g/mol. The zero-order valence-corrected chi connectivity index (χ0v) is 17.5. The van der Waals surface area contributed by atoms with Crippen LogP contribution in [0.25, 0.3) is 0 Å². The summed E-state index contributed by atoms with van der Waals surface area (Å²) in [4.78, 5) is 13.0. The predicted octanol–water partition coefficient (Wildman–Crippen LogP) is -0.798. The van der Waals surface area contributed by atoms with Gasteiger partial charge in [0.15, 0.2) is 0 Å². The van der Waals surface area contributed by atoms with Crippen molar-refractivity contribution in [2.75, 3.05) is 19.4 Å². The Labute approximate surface area is 174 Å². The van der Waals surface area contributed by atoms with E-state index in [9.17, 15) is 20.1 Å². The molecule has 0 saturated carbocycles. The van der Waals surface area contributed by atoms with Crippen LogP contribution in [0.3, 0.4) is 0 Å². The lowest BCUT2D eigenvalue weighted by Gasteiger charge is -2.44. The van der Waals surface area contributed by atoms with E-state index in [1.165, 1.54) is 11.8 Å². The molecule has 3 rings (SSSR count). The smallest absolute Gasteiger partial charge is 0.240 e. The average Bonchev–Trinajstić information content (AvgIpc) is 2.93. The normalized spacial score (nSPS) is 43.1. The highest BCUT2D eigenvalue weighted by atomic mass is 35.5. The molecule has 28 heavy (non-hydrogen) atoms. The van der Waals surface area contributed by atoms with Gasteiger partial charge in [-0.25, -0.2) is 0 Å². The molecule has 10 atom stereocenters. The van der Waals surface area contributed by atoms with Crippen LogP contribution in [0.15, 0.2) is 12.2 Å². The quantitative estimate of drug-likeness (QED) is 0.281. The van der Waals surface area contributed by atoms with Crippen molar-refractivity contribution < 1.29 is 29.6 Å². The van der Waals surface area contributed by atoms with Gasteiger partial charge in [0.2, 0.25) is 5.91 Å². The number of amides is 1. The van der Waals surface area contributed by atoms with Crippen molar-refractivity contribution in [3.05, 3.63) is 12.2 Å². The number of thioether (sulfide) groups is 1. The first kappa shape index (κ1) is 22.3. The first-order valence-corrected chi connectivity index (χ1v) is 11.2. The highest BCUT2D eigenvalue weighted by Gasteiger charge is 2.49. The number of carbonyl (C=O) groups is 1. The van der Waals surface area contributed by atoms with E-state index in [1.54, 1.807) is 13.2 Å². The summed E-state index contributed by atoms with van der Waals surface area (Å²) in [5.74, 6) is -0.0697. The van der Waals surface area contributed by atoms with Gasteiger partial charge in [0.05, 0.1) is 24.1 Å². The largest absolute Gasteiger partial charge is 0.388 e. The lowest BCUT2D eigenvalue weighted by molar-refractivity contribution is -0.205. The number of alkyl halides is 1. The molecule has 8 unspecified atom stereocenters. The van der Waals surface area contributed by atoms with Crippen molar-refractivity contribution in [3.63, 3.8) is 0 Å². The van der Waals surface area contributed by atoms with Crippen molar-refractivity contribution in [2.24, 2.45) is 5.92 Å². The fourth-order valence-electron chi connectivity index (χ4n) is 4.06. The predicted molar refractivity (Wildman–Crippen MR) is 106 cm³/mol. The number of halogens is 1. The molecular weight excluding hydrogens is 408 g/mol. The fourth-order valence-corrected chi connectivity index (χ4v) is 4.94. The number of ether oxygens (including phenoxy) is 2. The second-order valence-electron chi connectivity index (χ2n) is 7.54. The lowest BCUT2D eigenvalue weighted by atomic mass is 9.92. The van der Waals surface area contributed by atoms with Crippen molar-refractivity contribution in [1.82, 2.24) is 10.6 Å². The van der Waals surface area contributed by atoms with Crippen molar-refractivity contribution in [2.45, 2.75) is 66.8 Å². The number of nitrogens with one attached hydrogen (secondary N) is 2. The SMILES string of the molecule is CSC1OC(C(NC(=O)C2NC[C@H]3CC=CCO[C@@H]23)C(C)Cl)C(O)C(O)C1O. The molecule has 160 valence electrons. The van der Waals surface area contributed by atoms with Crippen LogP contribution >= 0.6 is 23.4 Å². The summed E-state index contributed by atoms with van der Waals surface area (Å²) in [5.41, 5.74) is -0.733. The maximum Gasteiger partial charge on any atom is 0.240 e. The van der Waals surface area contributed by atoms with Crippen molar-refractivity contribution in [1.29, 1.82) is 0 Å². The third-order valence-corrected chi connectivity index (χ3v) is 6.79. The number of aliphatic hydroxyl groups excluding tert-OH is 3. The topological polar surface area (TPSA) is 120 Å². The molecular formula is C18H29ClN2O6S. The number of fused-ring (bicyclic) bond motifs is 1. The summed E-state index contributed by atoms with van der Waals surface area (Å²) < 4.78 is 11.6. The summed E-state index contributed by atoms with van der Waals surface area (Å²) in [6.07, 6.45) is 1.39. The van der Waals surface area contributed by atoms with Crippen LogP contribution in [0, 0.1) is 5.92 Å². The fraction of sp³-hybridized carbons (Fsp3) is 0.833. The highest BCUT2D eigenvalue weighted by Crippen LogP contribution is 2.31. The molecule has 3 heterocycles. The molecule has 5 N–H and O–H groups in total.